The van der Waals surface area contributed by atoms with Crippen LogP contribution in [0.3, 0.4) is 0 Å². The second-order valence-electron chi connectivity index (χ2n) is 5.39. The van der Waals surface area contributed by atoms with Crippen molar-refractivity contribution < 1.29 is 18.9 Å². The lowest BCUT2D eigenvalue weighted by Gasteiger charge is -2.33. The summed E-state index contributed by atoms with van der Waals surface area (Å²) < 4.78 is 23.6. The summed E-state index contributed by atoms with van der Waals surface area (Å²) in [5, 5.41) is 0. The van der Waals surface area contributed by atoms with Crippen LogP contribution in [-0.2, 0) is 18.9 Å². The van der Waals surface area contributed by atoms with Crippen LogP contribution in [0.2, 0.25) is 0 Å². The largest absolute Gasteiger partial charge is 0.461 e. The van der Waals surface area contributed by atoms with E-state index in [9.17, 15) is 0 Å². The third-order valence-electron chi connectivity index (χ3n) is 3.42. The summed E-state index contributed by atoms with van der Waals surface area (Å²) in [5.41, 5.74) is 0. The van der Waals surface area contributed by atoms with Gasteiger partial charge in [-0.3, -0.25) is 0 Å². The van der Waals surface area contributed by atoms with Gasteiger partial charge in [-0.25, -0.2) is 0 Å². The highest BCUT2D eigenvalue weighted by Gasteiger charge is 2.61. The molecular weight excluding hydrogens is 232 g/mol. The second kappa shape index (κ2) is 4.83. The molecule has 2 aliphatic rings. The zero-order valence-electron chi connectivity index (χ0n) is 11.8. The Hall–Kier alpha value is -0.580. The minimum absolute atomic E-state index is 0.216. The third kappa shape index (κ3) is 2.29. The van der Waals surface area contributed by atoms with Gasteiger partial charge in [0.15, 0.2) is 18.0 Å². The summed E-state index contributed by atoms with van der Waals surface area (Å²) in [6.07, 6.45) is 2.48. The van der Waals surface area contributed by atoms with Crippen LogP contribution in [0.4, 0.5) is 0 Å². The molecule has 0 unspecified atom stereocenters. The molecule has 3 atom stereocenters. The lowest BCUT2D eigenvalue weighted by Crippen LogP contribution is -2.45. The maximum absolute atomic E-state index is 5.98. The highest BCUT2D eigenvalue weighted by Crippen LogP contribution is 2.47. The van der Waals surface area contributed by atoms with Crippen molar-refractivity contribution in [3.05, 3.63) is 12.3 Å². The van der Waals surface area contributed by atoms with Gasteiger partial charge in [0, 0.05) is 13.0 Å². The Morgan fingerprint density at radius 3 is 2.61 bits per heavy atom. The number of hydrogen-bond acceptors (Lipinski definition) is 4. The maximum Gasteiger partial charge on any atom is 0.239 e. The lowest BCUT2D eigenvalue weighted by atomic mass is 10.0. The topological polar surface area (TPSA) is 36.9 Å². The molecule has 4 heteroatoms. The Morgan fingerprint density at radius 2 is 2.00 bits per heavy atom. The fourth-order valence-corrected chi connectivity index (χ4v) is 2.70. The van der Waals surface area contributed by atoms with Crippen molar-refractivity contribution in [1.82, 2.24) is 0 Å². The molecule has 4 nitrogen and oxygen atoms in total. The molecule has 2 rings (SSSR count). The van der Waals surface area contributed by atoms with E-state index < -0.39 is 11.6 Å². The quantitative estimate of drug-likeness (QED) is 0.757. The molecule has 18 heavy (non-hydrogen) atoms. The van der Waals surface area contributed by atoms with Crippen LogP contribution in [-0.4, -0.2) is 30.4 Å². The first-order valence-electron chi connectivity index (χ1n) is 6.81. The predicted octanol–water partition coefficient (Wildman–Crippen LogP) is 2.97. The van der Waals surface area contributed by atoms with E-state index in [0.717, 1.165) is 19.3 Å². The van der Waals surface area contributed by atoms with Gasteiger partial charge in [0.05, 0.1) is 0 Å². The molecule has 0 amide bonds. The van der Waals surface area contributed by atoms with Gasteiger partial charge >= 0.3 is 0 Å². The Morgan fingerprint density at radius 1 is 1.28 bits per heavy atom. The van der Waals surface area contributed by atoms with Gasteiger partial charge in [-0.1, -0.05) is 19.9 Å². The van der Waals surface area contributed by atoms with Crippen molar-refractivity contribution in [1.29, 1.82) is 0 Å². The molecule has 0 aliphatic carbocycles. The SMILES string of the molecule is C=C1O[C@](CCCC)(OCC)[C@@H]2OC(C)(C)O[C@H]12. The fourth-order valence-electron chi connectivity index (χ4n) is 2.70. The molecule has 2 saturated heterocycles. The Kier molecular flexibility index (Phi) is 3.72. The van der Waals surface area contributed by atoms with Gasteiger partial charge in [-0.15, -0.1) is 0 Å². The van der Waals surface area contributed by atoms with Crippen LogP contribution < -0.4 is 0 Å². The van der Waals surface area contributed by atoms with Crippen LogP contribution in [0.1, 0.15) is 47.0 Å². The molecule has 0 radical (unpaired) electrons. The Bertz CT molecular complexity index is 326. The van der Waals surface area contributed by atoms with E-state index in [1.807, 2.05) is 20.8 Å². The van der Waals surface area contributed by atoms with E-state index in [0.29, 0.717) is 12.4 Å². The van der Waals surface area contributed by atoms with E-state index >= 15 is 0 Å². The standard InChI is InChI=1S/C14H24O4/c1-6-8-9-14(15-7-2)12-11(10(3)16-14)17-13(4,5)18-12/h11-12H,3,6-9H2,1-2,4-5H3/t11-,12-,14+/m1/s1. The summed E-state index contributed by atoms with van der Waals surface area (Å²) in [6, 6.07) is 0. The van der Waals surface area contributed by atoms with Crippen LogP contribution in [0.25, 0.3) is 0 Å². The first-order valence-corrected chi connectivity index (χ1v) is 6.81. The smallest absolute Gasteiger partial charge is 0.239 e. The van der Waals surface area contributed by atoms with Gasteiger partial charge < -0.3 is 18.9 Å². The predicted molar refractivity (Wildman–Crippen MR) is 67.9 cm³/mol. The van der Waals surface area contributed by atoms with E-state index in [-0.39, 0.29) is 12.2 Å². The zero-order valence-corrected chi connectivity index (χ0v) is 11.8. The summed E-state index contributed by atoms with van der Waals surface area (Å²) in [5.74, 6) is -0.702. The molecule has 0 aromatic rings. The molecule has 2 heterocycles. The summed E-state index contributed by atoms with van der Waals surface area (Å²) in [6.45, 7) is 12.5. The van der Waals surface area contributed by atoms with Gasteiger partial charge in [0.25, 0.3) is 0 Å². The van der Waals surface area contributed by atoms with Crippen molar-refractivity contribution in [2.24, 2.45) is 0 Å². The third-order valence-corrected chi connectivity index (χ3v) is 3.42. The van der Waals surface area contributed by atoms with Gasteiger partial charge in [0.2, 0.25) is 5.79 Å². The molecule has 0 aromatic heterocycles. The zero-order chi connectivity index (χ0) is 13.4. The Balaban J connectivity index is 2.21. The van der Waals surface area contributed by atoms with Crippen molar-refractivity contribution in [2.45, 2.75) is 70.7 Å². The number of fused-ring (bicyclic) bond motifs is 1. The average molecular weight is 256 g/mol. The summed E-state index contributed by atoms with van der Waals surface area (Å²) in [4.78, 5) is 0. The number of ether oxygens (including phenoxy) is 4. The normalized spacial score (nSPS) is 37.7. The van der Waals surface area contributed by atoms with Crippen LogP contribution in [0, 0.1) is 0 Å². The van der Waals surface area contributed by atoms with Crippen molar-refractivity contribution in [3.63, 3.8) is 0 Å². The number of rotatable bonds is 5. The molecule has 104 valence electrons. The maximum atomic E-state index is 5.98. The molecule has 0 saturated carbocycles. The minimum Gasteiger partial charge on any atom is -0.461 e. The average Bonchev–Trinajstić information content (AvgIpc) is 2.73. The number of unbranched alkanes of at least 4 members (excludes halogenated alkanes) is 1. The highest BCUT2D eigenvalue weighted by atomic mass is 16.8. The van der Waals surface area contributed by atoms with Crippen molar-refractivity contribution in [2.75, 3.05) is 6.61 Å². The first kappa shape index (κ1) is 13.8. The highest BCUT2D eigenvalue weighted by molar-refractivity contribution is 5.14. The molecule has 2 aliphatic heterocycles. The molecule has 0 N–H and O–H groups in total. The van der Waals surface area contributed by atoms with Crippen LogP contribution in [0.5, 0.6) is 0 Å². The molecule has 0 spiro atoms. The van der Waals surface area contributed by atoms with E-state index in [1.54, 1.807) is 0 Å². The van der Waals surface area contributed by atoms with E-state index in [2.05, 4.69) is 13.5 Å². The van der Waals surface area contributed by atoms with Crippen LogP contribution in [0.15, 0.2) is 12.3 Å². The van der Waals surface area contributed by atoms with Gasteiger partial charge in [0.1, 0.15) is 5.76 Å². The number of hydrogen-bond donors (Lipinski definition) is 0. The first-order chi connectivity index (χ1) is 8.44. The lowest BCUT2D eigenvalue weighted by molar-refractivity contribution is -0.270. The molecule has 2 fully saturated rings. The van der Waals surface area contributed by atoms with Crippen molar-refractivity contribution in [3.8, 4) is 0 Å². The van der Waals surface area contributed by atoms with E-state index in [4.69, 9.17) is 18.9 Å². The van der Waals surface area contributed by atoms with Crippen molar-refractivity contribution >= 4 is 0 Å². The van der Waals surface area contributed by atoms with Gasteiger partial charge in [-0.2, -0.15) is 0 Å². The van der Waals surface area contributed by atoms with Gasteiger partial charge in [-0.05, 0) is 27.2 Å². The summed E-state index contributed by atoms with van der Waals surface area (Å²) >= 11 is 0. The Labute approximate surface area is 109 Å². The molecular formula is C14H24O4. The monoisotopic (exact) mass is 256 g/mol. The second-order valence-corrected chi connectivity index (χ2v) is 5.39. The minimum atomic E-state index is -0.722. The fraction of sp³-hybridized carbons (Fsp3) is 0.857. The molecule has 0 aromatic carbocycles. The van der Waals surface area contributed by atoms with E-state index in [1.165, 1.54) is 0 Å². The van der Waals surface area contributed by atoms with Crippen LogP contribution >= 0.6 is 0 Å². The molecule has 0 bridgehead atoms. The summed E-state index contributed by atoms with van der Waals surface area (Å²) in [7, 11) is 0.